The third-order valence-corrected chi connectivity index (χ3v) is 5.64. The number of nitrogens with one attached hydrogen (secondary N) is 1. The van der Waals surface area contributed by atoms with E-state index in [4.69, 9.17) is 0 Å². The minimum atomic E-state index is -3.84. The van der Waals surface area contributed by atoms with Crippen molar-refractivity contribution in [3.05, 3.63) is 53.3 Å². The number of hydrogen-bond donors (Lipinski definition) is 1. The van der Waals surface area contributed by atoms with Crippen LogP contribution in [0.1, 0.15) is 24.0 Å². The van der Waals surface area contributed by atoms with Gasteiger partial charge in [-0.15, -0.1) is 0 Å². The van der Waals surface area contributed by atoms with Crippen LogP contribution in [-0.4, -0.2) is 20.9 Å². The summed E-state index contributed by atoms with van der Waals surface area (Å²) in [5.41, 5.74) is 2.23. The molecule has 0 saturated carbocycles. The molecule has 132 valence electrons. The maximum atomic E-state index is 13.4. The van der Waals surface area contributed by atoms with E-state index in [9.17, 15) is 17.6 Å². The van der Waals surface area contributed by atoms with E-state index in [0.717, 1.165) is 18.1 Å². The Bertz CT molecular complexity index is 941. The Hall–Kier alpha value is -2.41. The van der Waals surface area contributed by atoms with E-state index >= 15 is 0 Å². The van der Waals surface area contributed by atoms with Gasteiger partial charge in [-0.05, 0) is 61.7 Å². The van der Waals surface area contributed by atoms with E-state index in [1.807, 2.05) is 6.92 Å². The number of carbonyl (C=O) groups excluding carboxylic acids is 1. The van der Waals surface area contributed by atoms with Crippen LogP contribution in [0, 0.1) is 19.7 Å². The minimum absolute atomic E-state index is 0.00854. The first-order chi connectivity index (χ1) is 11.8. The number of halogens is 1. The first-order valence-corrected chi connectivity index (χ1v) is 9.46. The summed E-state index contributed by atoms with van der Waals surface area (Å²) in [5, 5.41) is 0. The second kappa shape index (κ2) is 6.48. The lowest BCUT2D eigenvalue weighted by atomic mass is 10.1. The average Bonchev–Trinajstić information content (AvgIpc) is 2.97. The van der Waals surface area contributed by atoms with Gasteiger partial charge >= 0.3 is 0 Å². The van der Waals surface area contributed by atoms with Crippen molar-refractivity contribution < 1.29 is 17.6 Å². The van der Waals surface area contributed by atoms with Crippen LogP contribution in [0.15, 0.2) is 41.3 Å². The molecule has 0 radical (unpaired) electrons. The van der Waals surface area contributed by atoms with Gasteiger partial charge in [0.15, 0.2) is 0 Å². The number of anilines is 2. The van der Waals surface area contributed by atoms with Gasteiger partial charge in [0, 0.05) is 18.7 Å². The molecule has 7 heteroatoms. The molecular weight excluding hydrogens is 343 g/mol. The smallest absolute Gasteiger partial charge is 0.261 e. The summed E-state index contributed by atoms with van der Waals surface area (Å²) in [6.07, 6.45) is 1.30. The normalized spacial score (nSPS) is 14.8. The molecule has 0 bridgehead atoms. The molecule has 1 fully saturated rings. The maximum Gasteiger partial charge on any atom is 0.261 e. The zero-order valence-corrected chi connectivity index (χ0v) is 14.9. The fraction of sp³-hybridized carbons (Fsp3) is 0.278. The van der Waals surface area contributed by atoms with Crippen molar-refractivity contribution >= 4 is 27.3 Å². The van der Waals surface area contributed by atoms with Gasteiger partial charge in [0.25, 0.3) is 10.0 Å². The lowest BCUT2D eigenvalue weighted by molar-refractivity contribution is -0.117. The third kappa shape index (κ3) is 3.51. The van der Waals surface area contributed by atoms with Crippen LogP contribution in [-0.2, 0) is 14.8 Å². The van der Waals surface area contributed by atoms with Crippen LogP contribution in [0.25, 0.3) is 0 Å². The monoisotopic (exact) mass is 362 g/mol. The summed E-state index contributed by atoms with van der Waals surface area (Å²) in [6.45, 7) is 4.02. The molecule has 0 aromatic heterocycles. The van der Waals surface area contributed by atoms with Crippen molar-refractivity contribution in [2.45, 2.75) is 31.6 Å². The number of benzene rings is 2. The molecule has 0 unspecified atom stereocenters. The molecule has 3 rings (SSSR count). The summed E-state index contributed by atoms with van der Waals surface area (Å²) in [5.74, 6) is -0.415. The van der Waals surface area contributed by atoms with Crippen LogP contribution >= 0.6 is 0 Å². The van der Waals surface area contributed by atoms with Gasteiger partial charge in [0.2, 0.25) is 5.91 Å². The fourth-order valence-electron chi connectivity index (χ4n) is 2.86. The van der Waals surface area contributed by atoms with E-state index in [1.165, 1.54) is 19.1 Å². The first kappa shape index (κ1) is 17.4. The predicted molar refractivity (Wildman–Crippen MR) is 94.7 cm³/mol. The van der Waals surface area contributed by atoms with Gasteiger partial charge in [0.05, 0.1) is 10.6 Å². The number of carbonyl (C=O) groups is 1. The molecule has 1 aliphatic rings. The standard InChI is InChI=1S/C18H19FN2O3S/c1-12-5-6-14(11-17(12)21-9-3-4-18(21)22)20-25(23,24)15-7-8-16(19)13(2)10-15/h5-8,10-11,20H,3-4,9H2,1-2H3. The highest BCUT2D eigenvalue weighted by atomic mass is 32.2. The summed E-state index contributed by atoms with van der Waals surface area (Å²) >= 11 is 0. The van der Waals surface area contributed by atoms with E-state index < -0.39 is 15.8 Å². The Morgan fingerprint density at radius 3 is 2.48 bits per heavy atom. The van der Waals surface area contributed by atoms with Crippen molar-refractivity contribution in [2.75, 3.05) is 16.2 Å². The number of aryl methyl sites for hydroxylation is 2. The van der Waals surface area contributed by atoms with Crippen LogP contribution in [0.2, 0.25) is 0 Å². The highest BCUT2D eigenvalue weighted by Gasteiger charge is 2.24. The molecule has 1 saturated heterocycles. The van der Waals surface area contributed by atoms with Crippen LogP contribution in [0.3, 0.4) is 0 Å². The zero-order valence-electron chi connectivity index (χ0n) is 14.0. The van der Waals surface area contributed by atoms with E-state index in [2.05, 4.69) is 4.72 Å². The van der Waals surface area contributed by atoms with Crippen LogP contribution in [0.4, 0.5) is 15.8 Å². The quantitative estimate of drug-likeness (QED) is 0.907. The third-order valence-electron chi connectivity index (χ3n) is 4.27. The van der Waals surface area contributed by atoms with Gasteiger partial charge < -0.3 is 4.90 Å². The zero-order chi connectivity index (χ0) is 18.2. The molecule has 1 aliphatic heterocycles. The largest absolute Gasteiger partial charge is 0.312 e. The molecule has 1 N–H and O–H groups in total. The number of amides is 1. The van der Waals surface area contributed by atoms with E-state index in [-0.39, 0.29) is 16.4 Å². The van der Waals surface area contributed by atoms with Crippen LogP contribution in [0.5, 0.6) is 0 Å². The summed E-state index contributed by atoms with van der Waals surface area (Å²) in [7, 11) is -3.84. The second-order valence-corrected chi connectivity index (χ2v) is 7.85. The fourth-order valence-corrected chi connectivity index (χ4v) is 4.00. The maximum absolute atomic E-state index is 13.4. The average molecular weight is 362 g/mol. The summed E-state index contributed by atoms with van der Waals surface area (Å²) in [6, 6.07) is 8.72. The Balaban J connectivity index is 1.92. The molecule has 0 atom stereocenters. The summed E-state index contributed by atoms with van der Waals surface area (Å²) < 4.78 is 40.9. The van der Waals surface area contributed by atoms with Gasteiger partial charge in [-0.2, -0.15) is 0 Å². The van der Waals surface area contributed by atoms with E-state index in [1.54, 1.807) is 23.1 Å². The topological polar surface area (TPSA) is 66.5 Å². The van der Waals surface area contributed by atoms with Crippen molar-refractivity contribution in [1.29, 1.82) is 0 Å². The predicted octanol–water partition coefficient (Wildman–Crippen LogP) is 3.37. The number of hydrogen-bond acceptors (Lipinski definition) is 3. The lowest BCUT2D eigenvalue weighted by Crippen LogP contribution is -2.24. The van der Waals surface area contributed by atoms with Crippen molar-refractivity contribution in [3.8, 4) is 0 Å². The Labute approximate surface area is 146 Å². The Morgan fingerprint density at radius 2 is 1.84 bits per heavy atom. The van der Waals surface area contributed by atoms with Crippen molar-refractivity contribution in [1.82, 2.24) is 0 Å². The van der Waals surface area contributed by atoms with Gasteiger partial charge in [0.1, 0.15) is 5.82 Å². The second-order valence-electron chi connectivity index (χ2n) is 6.17. The molecule has 2 aromatic rings. The number of rotatable bonds is 4. The molecule has 0 spiro atoms. The molecule has 0 aliphatic carbocycles. The van der Waals surface area contributed by atoms with Gasteiger partial charge in [-0.1, -0.05) is 6.07 Å². The molecular formula is C18H19FN2O3S. The van der Waals surface area contributed by atoms with Crippen LogP contribution < -0.4 is 9.62 Å². The highest BCUT2D eigenvalue weighted by molar-refractivity contribution is 7.92. The lowest BCUT2D eigenvalue weighted by Gasteiger charge is -2.19. The van der Waals surface area contributed by atoms with Crippen molar-refractivity contribution in [3.63, 3.8) is 0 Å². The Morgan fingerprint density at radius 1 is 1.08 bits per heavy atom. The molecule has 2 aromatic carbocycles. The molecule has 1 amide bonds. The highest BCUT2D eigenvalue weighted by Crippen LogP contribution is 2.29. The van der Waals surface area contributed by atoms with Gasteiger partial charge in [-0.25, -0.2) is 12.8 Å². The molecule has 25 heavy (non-hydrogen) atoms. The molecule has 5 nitrogen and oxygen atoms in total. The first-order valence-electron chi connectivity index (χ1n) is 7.98. The minimum Gasteiger partial charge on any atom is -0.312 e. The number of nitrogens with zero attached hydrogens (tertiary/aromatic N) is 1. The number of sulfonamides is 1. The van der Waals surface area contributed by atoms with Crippen molar-refractivity contribution in [2.24, 2.45) is 0 Å². The van der Waals surface area contributed by atoms with Gasteiger partial charge in [-0.3, -0.25) is 9.52 Å². The summed E-state index contributed by atoms with van der Waals surface area (Å²) in [4.78, 5) is 13.6. The van der Waals surface area contributed by atoms with E-state index in [0.29, 0.717) is 24.3 Å². The SMILES string of the molecule is Cc1cc(S(=O)(=O)Nc2ccc(C)c(N3CCCC3=O)c2)ccc1F. The Kier molecular flexibility index (Phi) is 4.51. The molecule has 1 heterocycles.